The van der Waals surface area contributed by atoms with E-state index < -0.39 is 0 Å². The Bertz CT molecular complexity index is 902. The number of benzene rings is 1. The zero-order valence-electron chi connectivity index (χ0n) is 12.4. The molecule has 0 aliphatic carbocycles. The Kier molecular flexibility index (Phi) is 3.49. The summed E-state index contributed by atoms with van der Waals surface area (Å²) >= 11 is 1.68. The second-order valence-electron chi connectivity index (χ2n) is 5.80. The SMILES string of the molecule is O=C(c1ccc2sccc2c1)N1CCC(c2n[nH]c(=O)[nH]2)CC1. The first-order chi connectivity index (χ1) is 11.2. The molecule has 0 atom stereocenters. The van der Waals surface area contributed by atoms with Crippen LogP contribution in [0.25, 0.3) is 10.1 Å². The summed E-state index contributed by atoms with van der Waals surface area (Å²) < 4.78 is 1.20. The summed E-state index contributed by atoms with van der Waals surface area (Å²) in [6.07, 6.45) is 1.63. The maximum absolute atomic E-state index is 12.7. The molecule has 1 fully saturated rings. The Hall–Kier alpha value is -2.41. The van der Waals surface area contributed by atoms with Gasteiger partial charge >= 0.3 is 5.69 Å². The van der Waals surface area contributed by atoms with E-state index in [-0.39, 0.29) is 17.5 Å². The molecule has 1 amide bonds. The molecule has 118 valence electrons. The van der Waals surface area contributed by atoms with E-state index in [1.54, 1.807) is 11.3 Å². The first kappa shape index (κ1) is 14.2. The number of amides is 1. The molecule has 2 N–H and O–H groups in total. The molecule has 0 radical (unpaired) electrons. The fraction of sp³-hybridized carbons (Fsp3) is 0.312. The molecule has 1 aliphatic heterocycles. The molecular formula is C16H16N4O2S. The summed E-state index contributed by atoms with van der Waals surface area (Å²) in [5, 5.41) is 9.55. The summed E-state index contributed by atoms with van der Waals surface area (Å²) in [6.45, 7) is 1.36. The molecule has 3 aromatic rings. The number of nitrogens with one attached hydrogen (secondary N) is 2. The second kappa shape index (κ2) is 5.66. The molecule has 23 heavy (non-hydrogen) atoms. The number of aromatic nitrogens is 3. The van der Waals surface area contributed by atoms with Crippen LogP contribution in [0.3, 0.4) is 0 Å². The Balaban J connectivity index is 1.47. The molecule has 2 aromatic heterocycles. The number of aromatic amines is 2. The standard InChI is InChI=1S/C16H16N4O2S/c21-15(12-1-2-13-11(9-12)5-8-23-13)20-6-3-10(4-7-20)14-17-16(22)19-18-14/h1-2,5,8-10H,3-4,6-7H2,(H2,17,18,19,22). The minimum absolute atomic E-state index is 0.0760. The fourth-order valence-corrected chi connectivity index (χ4v) is 3.89. The van der Waals surface area contributed by atoms with E-state index in [0.717, 1.165) is 23.8 Å². The number of H-pyrrole nitrogens is 2. The van der Waals surface area contributed by atoms with Crippen molar-refractivity contribution in [2.45, 2.75) is 18.8 Å². The number of hydrogen-bond acceptors (Lipinski definition) is 4. The van der Waals surface area contributed by atoms with Crippen LogP contribution < -0.4 is 5.69 Å². The van der Waals surface area contributed by atoms with Gasteiger partial charge in [-0.25, -0.2) is 9.89 Å². The van der Waals surface area contributed by atoms with Gasteiger partial charge in [0.05, 0.1) is 0 Å². The van der Waals surface area contributed by atoms with Crippen LogP contribution in [0.1, 0.15) is 34.9 Å². The van der Waals surface area contributed by atoms with Crippen molar-refractivity contribution in [1.82, 2.24) is 20.1 Å². The summed E-state index contributed by atoms with van der Waals surface area (Å²) in [7, 11) is 0. The van der Waals surface area contributed by atoms with Crippen molar-refractivity contribution in [3.05, 3.63) is 51.5 Å². The van der Waals surface area contributed by atoms with E-state index in [1.807, 2.05) is 34.5 Å². The Morgan fingerprint density at radius 1 is 1.26 bits per heavy atom. The molecular weight excluding hydrogens is 312 g/mol. The van der Waals surface area contributed by atoms with Gasteiger partial charge in [-0.05, 0) is 47.9 Å². The number of carbonyl (C=O) groups excluding carboxylic acids is 1. The Morgan fingerprint density at radius 2 is 2.09 bits per heavy atom. The molecule has 6 nitrogen and oxygen atoms in total. The van der Waals surface area contributed by atoms with Gasteiger partial charge in [-0.1, -0.05) is 0 Å². The minimum atomic E-state index is -0.275. The molecule has 1 aliphatic rings. The average Bonchev–Trinajstić information content (AvgIpc) is 3.22. The van der Waals surface area contributed by atoms with Crippen molar-refractivity contribution in [2.24, 2.45) is 0 Å². The lowest BCUT2D eigenvalue weighted by atomic mass is 9.95. The lowest BCUT2D eigenvalue weighted by Crippen LogP contribution is -2.38. The van der Waals surface area contributed by atoms with Crippen LogP contribution in [-0.4, -0.2) is 39.1 Å². The number of rotatable bonds is 2. The lowest BCUT2D eigenvalue weighted by Gasteiger charge is -2.31. The number of hydrogen-bond donors (Lipinski definition) is 2. The van der Waals surface area contributed by atoms with Gasteiger partial charge in [0.1, 0.15) is 5.82 Å². The third-order valence-corrected chi connectivity index (χ3v) is 5.29. The molecule has 0 spiro atoms. The van der Waals surface area contributed by atoms with Gasteiger partial charge in [-0.15, -0.1) is 11.3 Å². The number of likely N-dealkylation sites (tertiary alicyclic amines) is 1. The van der Waals surface area contributed by atoms with Crippen molar-refractivity contribution < 1.29 is 4.79 Å². The number of carbonyl (C=O) groups is 1. The Labute approximate surface area is 136 Å². The zero-order chi connectivity index (χ0) is 15.8. The fourth-order valence-electron chi connectivity index (χ4n) is 3.11. The number of thiophene rings is 1. The van der Waals surface area contributed by atoms with Crippen molar-refractivity contribution in [3.63, 3.8) is 0 Å². The molecule has 0 unspecified atom stereocenters. The molecule has 3 heterocycles. The smallest absolute Gasteiger partial charge is 0.339 e. The monoisotopic (exact) mass is 328 g/mol. The van der Waals surface area contributed by atoms with E-state index in [2.05, 4.69) is 15.2 Å². The second-order valence-corrected chi connectivity index (χ2v) is 6.75. The third-order valence-electron chi connectivity index (χ3n) is 4.39. The van der Waals surface area contributed by atoms with Gasteiger partial charge in [0, 0.05) is 29.3 Å². The van der Waals surface area contributed by atoms with E-state index in [4.69, 9.17) is 0 Å². The minimum Gasteiger partial charge on any atom is -0.339 e. The van der Waals surface area contributed by atoms with Crippen molar-refractivity contribution >= 4 is 27.3 Å². The van der Waals surface area contributed by atoms with Crippen LogP contribution in [0, 0.1) is 0 Å². The third kappa shape index (κ3) is 2.68. The summed E-state index contributed by atoms with van der Waals surface area (Å²) in [5.41, 5.74) is 0.463. The highest BCUT2D eigenvalue weighted by atomic mass is 32.1. The number of piperidine rings is 1. The van der Waals surface area contributed by atoms with E-state index in [9.17, 15) is 9.59 Å². The van der Waals surface area contributed by atoms with Gasteiger partial charge < -0.3 is 4.90 Å². The first-order valence-corrected chi connectivity index (χ1v) is 8.50. The predicted octanol–water partition coefficient (Wildman–Crippen LogP) is 2.33. The van der Waals surface area contributed by atoms with Crippen molar-refractivity contribution in [1.29, 1.82) is 0 Å². The van der Waals surface area contributed by atoms with Crippen LogP contribution in [-0.2, 0) is 0 Å². The van der Waals surface area contributed by atoms with Crippen LogP contribution in [0.5, 0.6) is 0 Å². The van der Waals surface area contributed by atoms with Crippen molar-refractivity contribution in [3.8, 4) is 0 Å². The molecule has 7 heteroatoms. The highest BCUT2D eigenvalue weighted by molar-refractivity contribution is 7.17. The highest BCUT2D eigenvalue weighted by Crippen LogP contribution is 2.27. The van der Waals surface area contributed by atoms with Crippen molar-refractivity contribution in [2.75, 3.05) is 13.1 Å². The van der Waals surface area contributed by atoms with Crippen LogP contribution in [0.4, 0.5) is 0 Å². The highest BCUT2D eigenvalue weighted by Gasteiger charge is 2.26. The van der Waals surface area contributed by atoms with Gasteiger partial charge in [0.25, 0.3) is 5.91 Å². The van der Waals surface area contributed by atoms with Crippen LogP contribution in [0.2, 0.25) is 0 Å². The maximum Gasteiger partial charge on any atom is 0.340 e. The summed E-state index contributed by atoms with van der Waals surface area (Å²) in [5.74, 6) is 0.978. The lowest BCUT2D eigenvalue weighted by molar-refractivity contribution is 0.0711. The molecule has 0 bridgehead atoms. The maximum atomic E-state index is 12.7. The number of nitrogens with zero attached hydrogens (tertiary/aromatic N) is 2. The molecule has 1 aromatic carbocycles. The van der Waals surface area contributed by atoms with Gasteiger partial charge in [0.2, 0.25) is 0 Å². The summed E-state index contributed by atoms with van der Waals surface area (Å²) in [4.78, 5) is 28.4. The van der Waals surface area contributed by atoms with Gasteiger partial charge in [-0.2, -0.15) is 5.10 Å². The zero-order valence-corrected chi connectivity index (χ0v) is 13.2. The van der Waals surface area contributed by atoms with Gasteiger partial charge in [-0.3, -0.25) is 9.78 Å². The van der Waals surface area contributed by atoms with Gasteiger partial charge in [0.15, 0.2) is 0 Å². The molecule has 0 saturated carbocycles. The quantitative estimate of drug-likeness (QED) is 0.757. The Morgan fingerprint density at radius 3 is 2.83 bits per heavy atom. The van der Waals surface area contributed by atoms with E-state index >= 15 is 0 Å². The van der Waals surface area contributed by atoms with E-state index in [1.165, 1.54) is 4.70 Å². The summed E-state index contributed by atoms with van der Waals surface area (Å²) in [6, 6.07) is 7.91. The molecule has 1 saturated heterocycles. The largest absolute Gasteiger partial charge is 0.340 e. The topological polar surface area (TPSA) is 81.8 Å². The average molecular weight is 328 g/mol. The van der Waals surface area contributed by atoms with Crippen LogP contribution >= 0.6 is 11.3 Å². The number of fused-ring (bicyclic) bond motifs is 1. The normalized spacial score (nSPS) is 16.1. The van der Waals surface area contributed by atoms with Crippen LogP contribution in [0.15, 0.2) is 34.4 Å². The van der Waals surface area contributed by atoms with E-state index in [0.29, 0.717) is 18.9 Å². The predicted molar refractivity (Wildman–Crippen MR) is 88.9 cm³/mol. The molecule has 4 rings (SSSR count). The first-order valence-electron chi connectivity index (χ1n) is 7.62.